The first kappa shape index (κ1) is 28.9. The average Bonchev–Trinajstić information content (AvgIpc) is 2.95. The van der Waals surface area contributed by atoms with Crippen LogP contribution in [0.3, 0.4) is 0 Å². The normalized spacial score (nSPS) is 12.3. The first-order valence-electron chi connectivity index (χ1n) is 13.0. The van der Waals surface area contributed by atoms with Gasteiger partial charge in [0.25, 0.3) is 5.56 Å². The molecular formula is C29H32FN4O5S+. The maximum Gasteiger partial charge on any atom is 0.277 e. The Morgan fingerprint density at radius 1 is 1.15 bits per heavy atom. The number of ether oxygens (including phenoxy) is 1. The van der Waals surface area contributed by atoms with E-state index in [2.05, 4.69) is 9.97 Å². The fourth-order valence-corrected chi connectivity index (χ4v) is 6.01. The van der Waals surface area contributed by atoms with Gasteiger partial charge < -0.3 is 9.84 Å². The Hall–Kier alpha value is -4.12. The third-order valence-electron chi connectivity index (χ3n) is 6.83. The third kappa shape index (κ3) is 5.46. The summed E-state index contributed by atoms with van der Waals surface area (Å²) in [7, 11) is -2.94. The lowest BCUT2D eigenvalue weighted by molar-refractivity contribution is -0.596. The van der Waals surface area contributed by atoms with Crippen molar-refractivity contribution in [2.45, 2.75) is 62.3 Å². The molecule has 0 unspecified atom stereocenters. The molecule has 4 rings (SSSR count). The van der Waals surface area contributed by atoms with E-state index in [0.717, 1.165) is 12.0 Å². The van der Waals surface area contributed by atoms with Gasteiger partial charge in [-0.05, 0) is 37.5 Å². The summed E-state index contributed by atoms with van der Waals surface area (Å²) >= 11 is 0. The minimum Gasteiger partial charge on any atom is -0.497 e. The predicted octanol–water partition coefficient (Wildman–Crippen LogP) is 4.25. The van der Waals surface area contributed by atoms with E-state index in [4.69, 9.17) is 4.74 Å². The van der Waals surface area contributed by atoms with Crippen LogP contribution in [0, 0.1) is 12.9 Å². The highest BCUT2D eigenvalue weighted by Gasteiger charge is 2.32. The number of aromatic nitrogens is 4. The number of nitrogens with zero attached hydrogens (tertiary/aromatic N) is 4. The van der Waals surface area contributed by atoms with E-state index in [1.165, 1.54) is 35.3 Å². The van der Waals surface area contributed by atoms with Crippen molar-refractivity contribution in [1.29, 1.82) is 0 Å². The molecule has 0 saturated carbocycles. The molecule has 4 aromatic rings. The van der Waals surface area contributed by atoms with Gasteiger partial charge >= 0.3 is 0 Å². The zero-order chi connectivity index (χ0) is 29.0. The summed E-state index contributed by atoms with van der Waals surface area (Å²) in [5, 5.41) is 10.8. The van der Waals surface area contributed by atoms with Gasteiger partial charge in [-0.25, -0.2) is 13.4 Å². The van der Waals surface area contributed by atoms with E-state index in [1.54, 1.807) is 42.9 Å². The number of hydrogen-bond donors (Lipinski definition) is 1. The summed E-state index contributed by atoms with van der Waals surface area (Å²) in [6.45, 7) is 5.44. The number of benzene rings is 1. The average molecular weight is 568 g/mol. The van der Waals surface area contributed by atoms with Crippen LogP contribution in [-0.2, 0) is 16.3 Å². The van der Waals surface area contributed by atoms with Crippen LogP contribution < -0.4 is 14.9 Å². The highest BCUT2D eigenvalue weighted by atomic mass is 32.2. The summed E-state index contributed by atoms with van der Waals surface area (Å²) in [5.41, 5.74) is 0.668. The number of aryl methyl sites for hydroxylation is 1. The molecule has 1 atom stereocenters. The topological polar surface area (TPSA) is 115 Å². The Kier molecular flexibility index (Phi) is 8.63. The molecule has 0 saturated heterocycles. The largest absolute Gasteiger partial charge is 0.497 e. The van der Waals surface area contributed by atoms with Crippen LogP contribution in [0.4, 0.5) is 4.39 Å². The molecule has 3 heterocycles. The molecule has 0 radical (unpaired) electrons. The van der Waals surface area contributed by atoms with E-state index in [9.17, 15) is 22.7 Å². The van der Waals surface area contributed by atoms with Crippen molar-refractivity contribution in [3.63, 3.8) is 0 Å². The Balaban J connectivity index is 1.87. The van der Waals surface area contributed by atoms with Crippen LogP contribution in [0.1, 0.15) is 56.1 Å². The number of sulfone groups is 1. The molecule has 0 fully saturated rings. The van der Waals surface area contributed by atoms with Gasteiger partial charge in [-0.1, -0.05) is 32.4 Å². The van der Waals surface area contributed by atoms with Crippen LogP contribution in [-0.4, -0.2) is 35.2 Å². The first-order valence-corrected chi connectivity index (χ1v) is 14.5. The number of methoxy groups -OCH3 is 1. The van der Waals surface area contributed by atoms with Gasteiger partial charge in [0.05, 0.1) is 23.6 Å². The lowest BCUT2D eigenvalue weighted by Crippen LogP contribution is -2.34. The van der Waals surface area contributed by atoms with Crippen molar-refractivity contribution in [2.24, 2.45) is 0 Å². The SMILES string of the molecule is CCCCc1nc(O)c(S(=O)(=O)c2cc[n+](-c3ccnc(F)c3C)cc2)c(=O)n1[C@@H](CC)c1cccc(OC)c1. The molecule has 0 bridgehead atoms. The number of halogens is 1. The third-order valence-corrected chi connectivity index (χ3v) is 8.62. The second-order valence-corrected chi connectivity index (χ2v) is 11.2. The second-order valence-electron chi connectivity index (χ2n) is 9.35. The highest BCUT2D eigenvalue weighted by molar-refractivity contribution is 7.91. The van der Waals surface area contributed by atoms with Crippen LogP contribution in [0.25, 0.3) is 5.69 Å². The molecule has 0 spiro atoms. The summed E-state index contributed by atoms with van der Waals surface area (Å²) in [6.07, 6.45) is 6.56. The second kappa shape index (κ2) is 12.0. The van der Waals surface area contributed by atoms with Crippen molar-refractivity contribution in [2.75, 3.05) is 7.11 Å². The highest BCUT2D eigenvalue weighted by Crippen LogP contribution is 2.30. The van der Waals surface area contributed by atoms with Crippen molar-refractivity contribution in [3.05, 3.63) is 94.3 Å². The maximum absolute atomic E-state index is 14.0. The summed E-state index contributed by atoms with van der Waals surface area (Å²) in [4.78, 5) is 20.8. The predicted molar refractivity (Wildman–Crippen MR) is 146 cm³/mol. The van der Waals surface area contributed by atoms with Gasteiger partial charge in [-0.15, -0.1) is 0 Å². The molecule has 210 valence electrons. The quantitative estimate of drug-likeness (QED) is 0.225. The van der Waals surface area contributed by atoms with Crippen molar-refractivity contribution in [1.82, 2.24) is 14.5 Å². The van der Waals surface area contributed by atoms with Crippen LogP contribution in [0.2, 0.25) is 0 Å². The van der Waals surface area contributed by atoms with Crippen molar-refractivity contribution < 1.29 is 27.2 Å². The zero-order valence-electron chi connectivity index (χ0n) is 22.8. The monoisotopic (exact) mass is 567 g/mol. The van der Waals surface area contributed by atoms with Gasteiger partial charge in [0.1, 0.15) is 11.6 Å². The number of rotatable bonds is 10. The number of unbranched alkanes of at least 4 members (excludes halogenated alkanes) is 1. The van der Waals surface area contributed by atoms with Crippen molar-refractivity contribution in [3.8, 4) is 17.3 Å². The van der Waals surface area contributed by atoms with E-state index >= 15 is 0 Å². The molecule has 11 heteroatoms. The molecule has 0 amide bonds. The summed E-state index contributed by atoms with van der Waals surface area (Å²) in [6, 6.07) is 10.9. The van der Waals surface area contributed by atoms with E-state index in [-0.39, 0.29) is 4.90 Å². The van der Waals surface area contributed by atoms with Gasteiger partial charge in [-0.3, -0.25) is 9.36 Å². The van der Waals surface area contributed by atoms with Crippen LogP contribution in [0.15, 0.2) is 75.6 Å². The molecule has 1 N–H and O–H groups in total. The van der Waals surface area contributed by atoms with Gasteiger partial charge in [0, 0.05) is 30.8 Å². The van der Waals surface area contributed by atoms with E-state index in [0.29, 0.717) is 42.1 Å². The number of hydrogen-bond acceptors (Lipinski definition) is 7. The Bertz CT molecular complexity index is 1690. The minimum atomic E-state index is -4.48. The standard InChI is InChI=1S/C29H31FN4O5S/c1-5-7-11-25-32-28(35)26(29(36)34(25)23(6-2)20-9-8-10-21(18-20)39-4)40(37,38)22-13-16-33(17-14-22)24-12-15-31-27(30)19(24)3/h8-10,12-18,23H,5-7,11H2,1-4H3/p+1/t23-/m0/s1. The summed E-state index contributed by atoms with van der Waals surface area (Å²) < 4.78 is 49.7. The van der Waals surface area contributed by atoms with E-state index < -0.39 is 38.2 Å². The Morgan fingerprint density at radius 2 is 1.88 bits per heavy atom. The molecule has 40 heavy (non-hydrogen) atoms. The van der Waals surface area contributed by atoms with Gasteiger partial charge in [0.2, 0.25) is 27.4 Å². The maximum atomic E-state index is 14.0. The molecule has 1 aromatic carbocycles. The molecule has 3 aromatic heterocycles. The smallest absolute Gasteiger partial charge is 0.277 e. The minimum absolute atomic E-state index is 0.215. The lowest BCUT2D eigenvalue weighted by atomic mass is 10.0. The van der Waals surface area contributed by atoms with Crippen LogP contribution in [0.5, 0.6) is 11.6 Å². The van der Waals surface area contributed by atoms with Gasteiger partial charge in [-0.2, -0.15) is 13.9 Å². The number of aromatic hydroxyl groups is 1. The van der Waals surface area contributed by atoms with Gasteiger partial charge in [0.15, 0.2) is 17.3 Å². The molecular weight excluding hydrogens is 535 g/mol. The van der Waals surface area contributed by atoms with E-state index in [1.807, 2.05) is 19.9 Å². The Labute approximate surface area is 232 Å². The molecule has 0 aliphatic carbocycles. The van der Waals surface area contributed by atoms with Crippen molar-refractivity contribution >= 4 is 9.84 Å². The zero-order valence-corrected chi connectivity index (χ0v) is 23.7. The summed E-state index contributed by atoms with van der Waals surface area (Å²) in [5.74, 6) is -0.570. The molecule has 9 nitrogen and oxygen atoms in total. The first-order chi connectivity index (χ1) is 19.1. The Morgan fingerprint density at radius 3 is 2.52 bits per heavy atom. The molecule has 0 aliphatic heterocycles. The number of pyridine rings is 2. The fourth-order valence-electron chi connectivity index (χ4n) is 4.68. The fraction of sp³-hybridized carbons (Fsp3) is 0.310. The molecule has 0 aliphatic rings. The lowest BCUT2D eigenvalue weighted by Gasteiger charge is -2.23. The van der Waals surface area contributed by atoms with Crippen LogP contribution >= 0.6 is 0 Å².